The number of hydrogen-bond acceptors (Lipinski definition) is 4. The van der Waals surface area contributed by atoms with E-state index in [9.17, 15) is 0 Å². The van der Waals surface area contributed by atoms with Crippen molar-refractivity contribution in [1.82, 2.24) is 0 Å². The molecule has 0 saturated carbocycles. The van der Waals surface area contributed by atoms with E-state index in [2.05, 4.69) is 15.9 Å². The molecule has 2 unspecified atom stereocenters. The Hall–Kier alpha value is -0.780. The summed E-state index contributed by atoms with van der Waals surface area (Å²) in [6.45, 7) is 6.70. The minimum atomic E-state index is -0.0606. The maximum atomic E-state index is 6.45. The van der Waals surface area contributed by atoms with Gasteiger partial charge in [0.15, 0.2) is 11.5 Å². The van der Waals surface area contributed by atoms with Gasteiger partial charge in [-0.3, -0.25) is 0 Å². The average molecular weight is 358 g/mol. The van der Waals surface area contributed by atoms with Gasteiger partial charge in [0.25, 0.3) is 0 Å². The van der Waals surface area contributed by atoms with Crippen LogP contribution in [0.15, 0.2) is 16.6 Å². The van der Waals surface area contributed by atoms with Gasteiger partial charge in [0.2, 0.25) is 0 Å². The van der Waals surface area contributed by atoms with E-state index in [1.165, 1.54) is 0 Å². The van der Waals surface area contributed by atoms with Crippen molar-refractivity contribution in [2.45, 2.75) is 32.7 Å². The lowest BCUT2D eigenvalue weighted by molar-refractivity contribution is 0.0446. The van der Waals surface area contributed by atoms with Crippen molar-refractivity contribution in [2.75, 3.05) is 26.4 Å². The lowest BCUT2D eigenvalue weighted by Crippen LogP contribution is -2.29. The van der Waals surface area contributed by atoms with Gasteiger partial charge in [-0.2, -0.15) is 0 Å². The second kappa shape index (κ2) is 8.01. The Bertz CT molecular complexity index is 461. The quantitative estimate of drug-likeness (QED) is 0.843. The Morgan fingerprint density at radius 2 is 1.95 bits per heavy atom. The zero-order valence-electron chi connectivity index (χ0n) is 12.7. The first-order valence-electron chi connectivity index (χ1n) is 7.59. The number of benzene rings is 1. The van der Waals surface area contributed by atoms with Crippen LogP contribution < -0.4 is 15.2 Å². The topological polar surface area (TPSA) is 53.7 Å². The molecule has 4 nitrogen and oxygen atoms in total. The van der Waals surface area contributed by atoms with Crippen LogP contribution in [0.3, 0.4) is 0 Å². The lowest BCUT2D eigenvalue weighted by Gasteiger charge is -2.29. The van der Waals surface area contributed by atoms with Crippen LogP contribution in [0.4, 0.5) is 0 Å². The van der Waals surface area contributed by atoms with Gasteiger partial charge in [0.05, 0.1) is 19.8 Å². The van der Waals surface area contributed by atoms with E-state index in [0.717, 1.165) is 47.6 Å². The molecule has 0 amide bonds. The molecule has 21 heavy (non-hydrogen) atoms. The fourth-order valence-corrected chi connectivity index (χ4v) is 3.23. The Morgan fingerprint density at radius 1 is 1.29 bits per heavy atom. The van der Waals surface area contributed by atoms with Crippen molar-refractivity contribution >= 4 is 15.9 Å². The van der Waals surface area contributed by atoms with Gasteiger partial charge in [0, 0.05) is 23.0 Å². The minimum absolute atomic E-state index is 0.0606. The summed E-state index contributed by atoms with van der Waals surface area (Å²) in [4.78, 5) is 0. The van der Waals surface area contributed by atoms with E-state index in [1.54, 1.807) is 0 Å². The smallest absolute Gasteiger partial charge is 0.162 e. The molecule has 1 fully saturated rings. The van der Waals surface area contributed by atoms with Crippen molar-refractivity contribution < 1.29 is 14.2 Å². The van der Waals surface area contributed by atoms with Crippen molar-refractivity contribution in [2.24, 2.45) is 11.7 Å². The van der Waals surface area contributed by atoms with Gasteiger partial charge in [-0.25, -0.2) is 0 Å². The summed E-state index contributed by atoms with van der Waals surface area (Å²) in [5, 5.41) is 0. The Kier molecular flexibility index (Phi) is 6.33. The third-order valence-corrected chi connectivity index (χ3v) is 4.41. The monoisotopic (exact) mass is 357 g/mol. The van der Waals surface area contributed by atoms with E-state index in [-0.39, 0.29) is 6.04 Å². The first-order chi connectivity index (χ1) is 10.2. The molecule has 1 aliphatic heterocycles. The molecular weight excluding hydrogens is 334 g/mol. The molecule has 1 heterocycles. The molecule has 1 aliphatic rings. The van der Waals surface area contributed by atoms with Crippen LogP contribution in [0.1, 0.15) is 38.3 Å². The maximum Gasteiger partial charge on any atom is 0.162 e. The van der Waals surface area contributed by atoms with Crippen LogP contribution in [0, 0.1) is 5.92 Å². The minimum Gasteiger partial charge on any atom is -0.490 e. The second-order valence-corrected chi connectivity index (χ2v) is 6.04. The molecule has 1 aromatic carbocycles. The predicted molar refractivity (Wildman–Crippen MR) is 87.0 cm³/mol. The van der Waals surface area contributed by atoms with E-state index in [4.69, 9.17) is 19.9 Å². The highest BCUT2D eigenvalue weighted by Gasteiger charge is 2.25. The summed E-state index contributed by atoms with van der Waals surface area (Å²) in [5.41, 5.74) is 7.51. The summed E-state index contributed by atoms with van der Waals surface area (Å²) in [7, 11) is 0. The van der Waals surface area contributed by atoms with Crippen LogP contribution in [0.5, 0.6) is 11.5 Å². The third kappa shape index (κ3) is 4.11. The number of ether oxygens (including phenoxy) is 3. The zero-order chi connectivity index (χ0) is 15.2. The number of rotatable bonds is 6. The van der Waals surface area contributed by atoms with E-state index in [0.29, 0.717) is 19.1 Å². The summed E-state index contributed by atoms with van der Waals surface area (Å²) in [6, 6.07) is 3.89. The Morgan fingerprint density at radius 3 is 2.52 bits per heavy atom. The van der Waals surface area contributed by atoms with Crippen molar-refractivity contribution in [3.63, 3.8) is 0 Å². The average Bonchev–Trinajstić information content (AvgIpc) is 2.50. The standard InChI is InChI=1S/C16H24BrNO3/c1-3-20-14-8-12(13(17)9-15(14)21-4-2)16(18)11-6-5-7-19-10-11/h8-9,11,16H,3-7,10,18H2,1-2H3. The van der Waals surface area contributed by atoms with Gasteiger partial charge in [-0.15, -0.1) is 0 Å². The number of nitrogens with two attached hydrogens (primary N) is 1. The molecule has 0 radical (unpaired) electrons. The predicted octanol–water partition coefficient (Wildman–Crippen LogP) is 3.67. The molecule has 0 bridgehead atoms. The van der Waals surface area contributed by atoms with Crippen molar-refractivity contribution in [3.05, 3.63) is 22.2 Å². The fraction of sp³-hybridized carbons (Fsp3) is 0.625. The van der Waals surface area contributed by atoms with Gasteiger partial charge in [-0.1, -0.05) is 15.9 Å². The molecule has 5 heteroatoms. The molecular formula is C16H24BrNO3. The normalized spacial score (nSPS) is 20.1. The van der Waals surface area contributed by atoms with E-state index < -0.39 is 0 Å². The van der Waals surface area contributed by atoms with Gasteiger partial charge in [0.1, 0.15) is 0 Å². The summed E-state index contributed by atoms with van der Waals surface area (Å²) < 4.78 is 17.8. The molecule has 0 spiro atoms. The van der Waals surface area contributed by atoms with Crippen LogP contribution in [0.2, 0.25) is 0 Å². The largest absolute Gasteiger partial charge is 0.490 e. The molecule has 2 atom stereocenters. The van der Waals surface area contributed by atoms with E-state index >= 15 is 0 Å². The molecule has 2 N–H and O–H groups in total. The highest BCUT2D eigenvalue weighted by atomic mass is 79.9. The highest BCUT2D eigenvalue weighted by Crippen LogP contribution is 2.39. The molecule has 0 aliphatic carbocycles. The Labute approximate surface area is 135 Å². The maximum absolute atomic E-state index is 6.45. The molecule has 1 saturated heterocycles. The SMILES string of the molecule is CCOc1cc(Br)c(C(N)C2CCCOC2)cc1OCC. The molecule has 118 valence electrons. The Balaban J connectivity index is 2.27. The highest BCUT2D eigenvalue weighted by molar-refractivity contribution is 9.10. The second-order valence-electron chi connectivity index (χ2n) is 5.19. The van der Waals surface area contributed by atoms with Crippen LogP contribution in [-0.2, 0) is 4.74 Å². The van der Waals surface area contributed by atoms with Crippen LogP contribution >= 0.6 is 15.9 Å². The lowest BCUT2D eigenvalue weighted by atomic mass is 9.89. The zero-order valence-corrected chi connectivity index (χ0v) is 14.3. The van der Waals surface area contributed by atoms with Crippen molar-refractivity contribution in [3.8, 4) is 11.5 Å². The van der Waals surface area contributed by atoms with E-state index in [1.807, 2.05) is 26.0 Å². The first kappa shape index (κ1) is 16.6. The van der Waals surface area contributed by atoms with Crippen molar-refractivity contribution in [1.29, 1.82) is 0 Å². The molecule has 1 aromatic rings. The van der Waals surface area contributed by atoms with Gasteiger partial charge in [-0.05, 0) is 44.4 Å². The first-order valence-corrected chi connectivity index (χ1v) is 8.39. The fourth-order valence-electron chi connectivity index (χ4n) is 2.65. The third-order valence-electron chi connectivity index (χ3n) is 3.73. The number of hydrogen-bond donors (Lipinski definition) is 1. The van der Waals surface area contributed by atoms with Crippen LogP contribution in [-0.4, -0.2) is 26.4 Å². The van der Waals surface area contributed by atoms with Gasteiger partial charge >= 0.3 is 0 Å². The molecule has 0 aromatic heterocycles. The summed E-state index contributed by atoms with van der Waals surface area (Å²) >= 11 is 3.61. The molecule has 2 rings (SSSR count). The van der Waals surface area contributed by atoms with Crippen LogP contribution in [0.25, 0.3) is 0 Å². The summed E-state index contributed by atoms with van der Waals surface area (Å²) in [5.74, 6) is 1.86. The summed E-state index contributed by atoms with van der Waals surface area (Å²) in [6.07, 6.45) is 2.18. The van der Waals surface area contributed by atoms with Gasteiger partial charge < -0.3 is 19.9 Å². The number of halogens is 1.